The Morgan fingerprint density at radius 3 is 2.32 bits per heavy atom. The van der Waals surface area contributed by atoms with Gasteiger partial charge in [-0.05, 0) is 56.4 Å². The first-order valence-corrected chi connectivity index (χ1v) is 11.2. The largest absolute Gasteiger partial charge is 0.483 e. The highest BCUT2D eigenvalue weighted by atomic mass is 16.5. The molecule has 0 aliphatic carbocycles. The van der Waals surface area contributed by atoms with Gasteiger partial charge >= 0.3 is 0 Å². The number of nitrogens with zero attached hydrogens (tertiary/aromatic N) is 1. The molecule has 0 radical (unpaired) electrons. The van der Waals surface area contributed by atoms with Gasteiger partial charge in [0.15, 0.2) is 6.61 Å². The molecular weight excluding hydrogens is 388 g/mol. The number of aryl methyl sites for hydroxylation is 3. The van der Waals surface area contributed by atoms with E-state index in [1.165, 1.54) is 0 Å². The third-order valence-electron chi connectivity index (χ3n) is 5.38. The van der Waals surface area contributed by atoms with Gasteiger partial charge in [0.1, 0.15) is 11.8 Å². The van der Waals surface area contributed by atoms with Gasteiger partial charge in [-0.3, -0.25) is 9.59 Å². The SMILES string of the molecule is CCCCNC(=O)[C@H](CC)N(Cc1ccc(C)cc1)C(=O)COc1cc(C)ccc1C. The van der Waals surface area contributed by atoms with Gasteiger partial charge in [-0.15, -0.1) is 0 Å². The smallest absolute Gasteiger partial charge is 0.261 e. The predicted molar refractivity (Wildman–Crippen MR) is 125 cm³/mol. The van der Waals surface area contributed by atoms with E-state index in [0.29, 0.717) is 25.3 Å². The van der Waals surface area contributed by atoms with Crippen molar-refractivity contribution in [2.75, 3.05) is 13.2 Å². The number of unbranched alkanes of at least 4 members (excludes halogenated alkanes) is 1. The maximum atomic E-state index is 13.2. The summed E-state index contributed by atoms with van der Waals surface area (Å²) < 4.78 is 5.87. The van der Waals surface area contributed by atoms with Crippen LogP contribution in [0, 0.1) is 20.8 Å². The van der Waals surface area contributed by atoms with Gasteiger partial charge in [0.05, 0.1) is 0 Å². The molecule has 0 saturated carbocycles. The van der Waals surface area contributed by atoms with Crippen LogP contribution in [-0.2, 0) is 16.1 Å². The second kappa shape index (κ2) is 12.1. The van der Waals surface area contributed by atoms with Crippen LogP contribution < -0.4 is 10.1 Å². The maximum absolute atomic E-state index is 13.2. The number of ether oxygens (including phenoxy) is 1. The van der Waals surface area contributed by atoms with Crippen LogP contribution in [0.5, 0.6) is 5.75 Å². The van der Waals surface area contributed by atoms with Gasteiger partial charge in [0.2, 0.25) is 5.91 Å². The number of carbonyl (C=O) groups is 2. The molecule has 2 rings (SSSR count). The Hall–Kier alpha value is -2.82. The Morgan fingerprint density at radius 2 is 1.68 bits per heavy atom. The lowest BCUT2D eigenvalue weighted by atomic mass is 10.1. The van der Waals surface area contributed by atoms with E-state index < -0.39 is 6.04 Å². The molecule has 5 nitrogen and oxygen atoms in total. The highest BCUT2D eigenvalue weighted by molar-refractivity contribution is 5.88. The minimum absolute atomic E-state index is 0.102. The van der Waals surface area contributed by atoms with Gasteiger partial charge in [0.25, 0.3) is 5.91 Å². The minimum Gasteiger partial charge on any atom is -0.483 e. The Bertz CT molecular complexity index is 861. The lowest BCUT2D eigenvalue weighted by Crippen LogP contribution is -2.50. The van der Waals surface area contributed by atoms with E-state index in [2.05, 4.69) is 12.2 Å². The molecule has 5 heteroatoms. The molecule has 0 bridgehead atoms. The first-order chi connectivity index (χ1) is 14.8. The van der Waals surface area contributed by atoms with Gasteiger partial charge in [-0.1, -0.05) is 62.2 Å². The second-order valence-electron chi connectivity index (χ2n) is 8.13. The van der Waals surface area contributed by atoms with E-state index in [1.54, 1.807) is 4.90 Å². The predicted octanol–water partition coefficient (Wildman–Crippen LogP) is 4.71. The van der Waals surface area contributed by atoms with E-state index in [1.807, 2.05) is 70.2 Å². The highest BCUT2D eigenvalue weighted by Crippen LogP contribution is 2.20. The molecule has 0 heterocycles. The van der Waals surface area contributed by atoms with Crippen molar-refractivity contribution in [1.82, 2.24) is 10.2 Å². The molecule has 1 N–H and O–H groups in total. The van der Waals surface area contributed by atoms with Gasteiger partial charge < -0.3 is 15.0 Å². The molecule has 0 aromatic heterocycles. The van der Waals surface area contributed by atoms with Crippen molar-refractivity contribution in [2.45, 2.75) is 66.5 Å². The quantitative estimate of drug-likeness (QED) is 0.531. The summed E-state index contributed by atoms with van der Waals surface area (Å²) in [7, 11) is 0. The highest BCUT2D eigenvalue weighted by Gasteiger charge is 2.28. The molecule has 1 atom stereocenters. The summed E-state index contributed by atoms with van der Waals surface area (Å²) in [5, 5.41) is 2.98. The van der Waals surface area contributed by atoms with E-state index in [9.17, 15) is 9.59 Å². The Labute approximate surface area is 186 Å². The van der Waals surface area contributed by atoms with Crippen LogP contribution in [0.3, 0.4) is 0 Å². The van der Waals surface area contributed by atoms with Crippen molar-refractivity contribution >= 4 is 11.8 Å². The lowest BCUT2D eigenvalue weighted by molar-refractivity contribution is -0.143. The van der Waals surface area contributed by atoms with Crippen LogP contribution in [0.4, 0.5) is 0 Å². The zero-order chi connectivity index (χ0) is 22.8. The van der Waals surface area contributed by atoms with Crippen molar-refractivity contribution in [3.8, 4) is 5.75 Å². The van der Waals surface area contributed by atoms with Crippen molar-refractivity contribution in [2.24, 2.45) is 0 Å². The molecular formula is C26H36N2O3. The number of benzene rings is 2. The summed E-state index contributed by atoms with van der Waals surface area (Å²) in [4.78, 5) is 27.8. The van der Waals surface area contributed by atoms with Crippen molar-refractivity contribution in [3.05, 3.63) is 64.7 Å². The Kier molecular flexibility index (Phi) is 9.57. The molecule has 31 heavy (non-hydrogen) atoms. The maximum Gasteiger partial charge on any atom is 0.261 e. The fraction of sp³-hybridized carbons (Fsp3) is 0.462. The Morgan fingerprint density at radius 1 is 1.00 bits per heavy atom. The normalized spacial score (nSPS) is 11.6. The minimum atomic E-state index is -0.534. The zero-order valence-corrected chi connectivity index (χ0v) is 19.5. The first-order valence-electron chi connectivity index (χ1n) is 11.2. The third kappa shape index (κ3) is 7.42. The topological polar surface area (TPSA) is 58.6 Å². The summed E-state index contributed by atoms with van der Waals surface area (Å²) in [6.45, 7) is 10.9. The van der Waals surface area contributed by atoms with Crippen LogP contribution in [0.15, 0.2) is 42.5 Å². The first kappa shape index (κ1) is 24.4. The number of hydrogen-bond donors (Lipinski definition) is 1. The molecule has 0 fully saturated rings. The van der Waals surface area contributed by atoms with Crippen LogP contribution in [0.2, 0.25) is 0 Å². The summed E-state index contributed by atoms with van der Waals surface area (Å²) in [5.41, 5.74) is 4.20. The molecule has 0 saturated heterocycles. The Balaban J connectivity index is 2.19. The van der Waals surface area contributed by atoms with Crippen LogP contribution in [0.1, 0.15) is 55.4 Å². The summed E-state index contributed by atoms with van der Waals surface area (Å²) in [5.74, 6) is 0.395. The summed E-state index contributed by atoms with van der Waals surface area (Å²) in [6, 6.07) is 13.4. The fourth-order valence-corrected chi connectivity index (χ4v) is 3.40. The monoisotopic (exact) mass is 424 g/mol. The van der Waals surface area contributed by atoms with Crippen LogP contribution in [-0.4, -0.2) is 35.9 Å². The number of carbonyl (C=O) groups excluding carboxylic acids is 2. The lowest BCUT2D eigenvalue weighted by Gasteiger charge is -2.30. The molecule has 0 aliphatic heterocycles. The van der Waals surface area contributed by atoms with E-state index in [4.69, 9.17) is 4.74 Å². The number of amides is 2. The van der Waals surface area contributed by atoms with Crippen molar-refractivity contribution < 1.29 is 14.3 Å². The average Bonchev–Trinajstić information content (AvgIpc) is 2.75. The standard InChI is InChI=1S/C26H36N2O3/c1-6-8-15-27-26(30)23(7-2)28(17-22-13-10-19(3)11-14-22)25(29)18-31-24-16-20(4)9-12-21(24)5/h9-14,16,23H,6-8,15,17-18H2,1-5H3,(H,27,30)/t23-/m0/s1. The van der Waals surface area contributed by atoms with Crippen molar-refractivity contribution in [1.29, 1.82) is 0 Å². The zero-order valence-electron chi connectivity index (χ0n) is 19.5. The second-order valence-corrected chi connectivity index (χ2v) is 8.13. The number of hydrogen-bond acceptors (Lipinski definition) is 3. The van der Waals surface area contributed by atoms with Gasteiger partial charge in [-0.2, -0.15) is 0 Å². The third-order valence-corrected chi connectivity index (χ3v) is 5.38. The summed E-state index contributed by atoms with van der Waals surface area (Å²) >= 11 is 0. The molecule has 0 unspecified atom stereocenters. The molecule has 168 valence electrons. The van der Waals surface area contributed by atoms with E-state index in [0.717, 1.165) is 35.1 Å². The number of rotatable bonds is 11. The van der Waals surface area contributed by atoms with Crippen molar-refractivity contribution in [3.63, 3.8) is 0 Å². The van der Waals surface area contributed by atoms with E-state index >= 15 is 0 Å². The van der Waals surface area contributed by atoms with E-state index in [-0.39, 0.29) is 18.4 Å². The molecule has 0 aliphatic rings. The molecule has 2 aromatic carbocycles. The summed E-state index contributed by atoms with van der Waals surface area (Å²) in [6.07, 6.45) is 2.47. The number of nitrogens with one attached hydrogen (secondary N) is 1. The van der Waals surface area contributed by atoms with Gasteiger partial charge in [-0.25, -0.2) is 0 Å². The van der Waals surface area contributed by atoms with Crippen LogP contribution >= 0.6 is 0 Å². The fourth-order valence-electron chi connectivity index (χ4n) is 3.40. The van der Waals surface area contributed by atoms with Crippen LogP contribution in [0.25, 0.3) is 0 Å². The average molecular weight is 425 g/mol. The van der Waals surface area contributed by atoms with Gasteiger partial charge in [0, 0.05) is 13.1 Å². The molecule has 0 spiro atoms. The molecule has 2 aromatic rings. The molecule has 2 amide bonds.